The highest BCUT2D eigenvalue weighted by Crippen LogP contribution is 2.34. The maximum atomic E-state index is 6.03. The van der Waals surface area contributed by atoms with Crippen molar-refractivity contribution in [1.82, 2.24) is 10.3 Å². The molecule has 0 radical (unpaired) electrons. The van der Waals surface area contributed by atoms with Crippen molar-refractivity contribution in [2.75, 3.05) is 19.8 Å². The molecule has 2 aliphatic rings. The van der Waals surface area contributed by atoms with Crippen LogP contribution < -0.4 is 5.32 Å². The van der Waals surface area contributed by atoms with E-state index in [0.717, 1.165) is 57.2 Å². The maximum Gasteiger partial charge on any atom is 0.208 e. The van der Waals surface area contributed by atoms with Gasteiger partial charge in [0.1, 0.15) is 5.76 Å². The Balaban J connectivity index is 1.53. The fourth-order valence-corrected chi connectivity index (χ4v) is 3.01. The summed E-state index contributed by atoms with van der Waals surface area (Å²) in [6, 6.07) is 0.485. The lowest BCUT2D eigenvalue weighted by molar-refractivity contribution is -0.140. The molecule has 1 unspecified atom stereocenters. The van der Waals surface area contributed by atoms with E-state index in [1.54, 1.807) is 6.20 Å². The summed E-state index contributed by atoms with van der Waals surface area (Å²) in [5.74, 6) is 1.63. The van der Waals surface area contributed by atoms with Crippen LogP contribution in [0.25, 0.3) is 0 Å². The van der Waals surface area contributed by atoms with Crippen LogP contribution in [0.5, 0.6) is 0 Å². The number of hydrogen-bond donors (Lipinski definition) is 1. The molecule has 2 aliphatic heterocycles. The zero-order valence-corrected chi connectivity index (χ0v) is 11.5. The zero-order valence-electron chi connectivity index (χ0n) is 11.5. The second kappa shape index (κ2) is 5.61. The number of aryl methyl sites for hydroxylation is 1. The predicted molar refractivity (Wildman–Crippen MR) is 69.8 cm³/mol. The highest BCUT2D eigenvalue weighted by molar-refractivity contribution is 4.94. The van der Waals surface area contributed by atoms with Crippen LogP contribution in [-0.4, -0.2) is 36.4 Å². The summed E-state index contributed by atoms with van der Waals surface area (Å²) in [4.78, 5) is 4.22. The van der Waals surface area contributed by atoms with Crippen LogP contribution in [0.2, 0.25) is 0 Å². The van der Waals surface area contributed by atoms with E-state index in [9.17, 15) is 0 Å². The summed E-state index contributed by atoms with van der Waals surface area (Å²) in [7, 11) is 0. The molecule has 0 saturated carbocycles. The van der Waals surface area contributed by atoms with Crippen LogP contribution in [0.15, 0.2) is 10.6 Å². The van der Waals surface area contributed by atoms with Crippen molar-refractivity contribution < 1.29 is 13.9 Å². The number of rotatable bonds is 3. The van der Waals surface area contributed by atoms with E-state index in [4.69, 9.17) is 13.9 Å². The lowest BCUT2D eigenvalue weighted by atomic mass is 9.84. The molecular formula is C14H22N2O3. The Morgan fingerprint density at radius 1 is 1.37 bits per heavy atom. The van der Waals surface area contributed by atoms with E-state index >= 15 is 0 Å². The first-order valence-electron chi connectivity index (χ1n) is 7.12. The van der Waals surface area contributed by atoms with Gasteiger partial charge in [-0.25, -0.2) is 4.98 Å². The van der Waals surface area contributed by atoms with Crippen LogP contribution >= 0.6 is 0 Å². The third-order valence-corrected chi connectivity index (χ3v) is 4.11. The molecule has 1 spiro atoms. The third-order valence-electron chi connectivity index (χ3n) is 4.11. The predicted octanol–water partition coefficient (Wildman–Crippen LogP) is 1.80. The summed E-state index contributed by atoms with van der Waals surface area (Å²) < 4.78 is 17.0. The van der Waals surface area contributed by atoms with Crippen molar-refractivity contribution in [2.24, 2.45) is 0 Å². The minimum Gasteiger partial charge on any atom is -0.445 e. The number of hydrogen-bond acceptors (Lipinski definition) is 5. The molecular weight excluding hydrogens is 244 g/mol. The van der Waals surface area contributed by atoms with E-state index in [1.807, 2.05) is 6.92 Å². The topological polar surface area (TPSA) is 56.5 Å². The molecule has 106 valence electrons. The van der Waals surface area contributed by atoms with E-state index in [-0.39, 0.29) is 5.60 Å². The Labute approximate surface area is 113 Å². The second-order valence-electron chi connectivity index (χ2n) is 5.58. The quantitative estimate of drug-likeness (QED) is 0.904. The SMILES string of the molecule is Cc1cnc(CNC2CCOC3(CCOCC3)C2)o1. The van der Waals surface area contributed by atoms with Gasteiger partial charge in [-0.1, -0.05) is 0 Å². The van der Waals surface area contributed by atoms with Gasteiger partial charge in [-0.05, 0) is 32.6 Å². The maximum absolute atomic E-state index is 6.03. The molecule has 1 atom stereocenters. The van der Waals surface area contributed by atoms with Crippen molar-refractivity contribution in [3.63, 3.8) is 0 Å². The fourth-order valence-electron chi connectivity index (χ4n) is 3.01. The van der Waals surface area contributed by atoms with Crippen molar-refractivity contribution in [3.05, 3.63) is 17.8 Å². The molecule has 2 saturated heterocycles. The van der Waals surface area contributed by atoms with E-state index in [1.165, 1.54) is 0 Å². The smallest absolute Gasteiger partial charge is 0.208 e. The molecule has 2 fully saturated rings. The van der Waals surface area contributed by atoms with Crippen molar-refractivity contribution in [2.45, 2.75) is 50.8 Å². The van der Waals surface area contributed by atoms with E-state index < -0.39 is 0 Å². The van der Waals surface area contributed by atoms with Gasteiger partial charge in [-0.15, -0.1) is 0 Å². The molecule has 3 rings (SSSR count). The van der Waals surface area contributed by atoms with Crippen LogP contribution in [0.1, 0.15) is 37.3 Å². The first-order chi connectivity index (χ1) is 9.26. The average molecular weight is 266 g/mol. The number of ether oxygens (including phenoxy) is 2. The first kappa shape index (κ1) is 13.1. The largest absolute Gasteiger partial charge is 0.445 e. The molecule has 0 aliphatic carbocycles. The first-order valence-corrected chi connectivity index (χ1v) is 7.12. The molecule has 5 nitrogen and oxygen atoms in total. The lowest BCUT2D eigenvalue weighted by Gasteiger charge is -2.43. The molecule has 0 aromatic carbocycles. The highest BCUT2D eigenvalue weighted by atomic mass is 16.5. The molecule has 5 heteroatoms. The van der Waals surface area contributed by atoms with Crippen LogP contribution in [0.4, 0.5) is 0 Å². The number of oxazole rings is 1. The normalized spacial score (nSPS) is 26.7. The molecule has 19 heavy (non-hydrogen) atoms. The van der Waals surface area contributed by atoms with Crippen LogP contribution in [0.3, 0.4) is 0 Å². The Kier molecular flexibility index (Phi) is 3.86. The summed E-state index contributed by atoms with van der Waals surface area (Å²) in [6.07, 6.45) is 5.92. The molecule has 3 heterocycles. The van der Waals surface area contributed by atoms with Crippen LogP contribution in [0, 0.1) is 6.92 Å². The fraction of sp³-hybridized carbons (Fsp3) is 0.786. The van der Waals surface area contributed by atoms with Gasteiger partial charge < -0.3 is 19.2 Å². The minimum absolute atomic E-state index is 0.0423. The summed E-state index contributed by atoms with van der Waals surface area (Å²) in [6.45, 7) is 5.10. The molecule has 1 N–H and O–H groups in total. The molecule has 0 bridgehead atoms. The number of nitrogens with zero attached hydrogens (tertiary/aromatic N) is 1. The van der Waals surface area contributed by atoms with Gasteiger partial charge in [0.25, 0.3) is 0 Å². The highest BCUT2D eigenvalue weighted by Gasteiger charge is 2.38. The Morgan fingerprint density at radius 2 is 2.21 bits per heavy atom. The van der Waals surface area contributed by atoms with Gasteiger partial charge in [-0.2, -0.15) is 0 Å². The lowest BCUT2D eigenvalue weighted by Crippen LogP contribution is -2.49. The number of nitrogens with one attached hydrogen (secondary N) is 1. The van der Waals surface area contributed by atoms with Gasteiger partial charge in [0.15, 0.2) is 0 Å². The summed E-state index contributed by atoms with van der Waals surface area (Å²) >= 11 is 0. The Hall–Kier alpha value is -0.910. The standard InChI is InChI=1S/C14H22N2O3/c1-11-9-16-13(19-11)10-15-12-2-5-18-14(8-12)3-6-17-7-4-14/h9,12,15H,2-8,10H2,1H3. The van der Waals surface area contributed by atoms with Gasteiger partial charge in [-0.3, -0.25) is 0 Å². The monoisotopic (exact) mass is 266 g/mol. The Morgan fingerprint density at radius 3 is 2.95 bits per heavy atom. The Bertz CT molecular complexity index is 407. The van der Waals surface area contributed by atoms with Gasteiger partial charge >= 0.3 is 0 Å². The van der Waals surface area contributed by atoms with Crippen LogP contribution in [-0.2, 0) is 16.0 Å². The van der Waals surface area contributed by atoms with E-state index in [0.29, 0.717) is 12.6 Å². The molecule has 0 amide bonds. The van der Waals surface area contributed by atoms with Gasteiger partial charge in [0.05, 0.1) is 18.3 Å². The van der Waals surface area contributed by atoms with E-state index in [2.05, 4.69) is 10.3 Å². The van der Waals surface area contributed by atoms with Gasteiger partial charge in [0, 0.05) is 25.9 Å². The van der Waals surface area contributed by atoms with Crippen molar-refractivity contribution in [1.29, 1.82) is 0 Å². The molecule has 1 aromatic rings. The second-order valence-corrected chi connectivity index (χ2v) is 5.58. The average Bonchev–Trinajstić information content (AvgIpc) is 2.83. The number of aromatic nitrogens is 1. The van der Waals surface area contributed by atoms with Gasteiger partial charge in [0.2, 0.25) is 5.89 Å². The zero-order chi connectivity index (χ0) is 13.1. The molecule has 1 aromatic heterocycles. The third kappa shape index (κ3) is 3.16. The minimum atomic E-state index is 0.0423. The summed E-state index contributed by atoms with van der Waals surface area (Å²) in [5, 5.41) is 3.55. The van der Waals surface area contributed by atoms with Crippen molar-refractivity contribution >= 4 is 0 Å². The van der Waals surface area contributed by atoms with Crippen molar-refractivity contribution in [3.8, 4) is 0 Å². The summed E-state index contributed by atoms with van der Waals surface area (Å²) in [5.41, 5.74) is 0.0423.